The molecule has 127 heavy (non-hydrogen) atoms. The summed E-state index contributed by atoms with van der Waals surface area (Å²) in [6.45, 7) is 46.7. The molecule has 0 spiro atoms. The van der Waals surface area contributed by atoms with Gasteiger partial charge in [-0.1, -0.05) is 177 Å². The van der Waals surface area contributed by atoms with Crippen molar-refractivity contribution < 1.29 is 94.6 Å². The first-order valence-electron chi connectivity index (χ1n) is 44.2. The molecule has 3 fully saturated rings. The Kier molecular flexibility index (Phi) is 37.0. The maximum absolute atomic E-state index is 13.2. The Morgan fingerprint density at radius 3 is 0.921 bits per heavy atom. The highest BCUT2D eigenvalue weighted by atomic mass is 28.4. The fraction of sp³-hybridized carbons (Fsp3) is 0.554. The normalized spacial score (nSPS) is 23.0. The summed E-state index contributed by atoms with van der Waals surface area (Å²) in [5.74, 6) is 1.38. The highest BCUT2D eigenvalue weighted by Gasteiger charge is 2.51. The van der Waals surface area contributed by atoms with Gasteiger partial charge in [0.25, 0.3) is 35.4 Å². The van der Waals surface area contributed by atoms with E-state index in [1.165, 1.54) is 14.7 Å². The summed E-state index contributed by atoms with van der Waals surface area (Å²) in [5.41, 5.74) is 5.82. The Hall–Kier alpha value is -8.20. The molecule has 6 aliphatic rings. The van der Waals surface area contributed by atoms with Gasteiger partial charge < -0.3 is 65.8 Å². The lowest BCUT2D eigenvalue weighted by atomic mass is 9.86. The number of nitrogens with zero attached hydrogens (tertiary/aromatic N) is 3. The second-order valence-corrected chi connectivity index (χ2v) is 53.2. The summed E-state index contributed by atoms with van der Waals surface area (Å²) in [6.07, 6.45) is 2.94. The van der Waals surface area contributed by atoms with Crippen LogP contribution >= 0.6 is 0 Å². The molecular weight excluding hydrogens is 1660 g/mol. The van der Waals surface area contributed by atoms with Gasteiger partial charge in [0.15, 0.2) is 25.0 Å². The number of imide groups is 3. The number of carbonyl (C=O) groups excluding carboxylic acids is 7. The number of methoxy groups -OCH3 is 3. The van der Waals surface area contributed by atoms with E-state index in [0.29, 0.717) is 98.7 Å². The van der Waals surface area contributed by atoms with E-state index in [4.69, 9.17) is 55.9 Å². The number of aliphatic hydroxyl groups is 1. The molecule has 0 saturated carbocycles. The van der Waals surface area contributed by atoms with Crippen LogP contribution in [0.5, 0.6) is 17.2 Å². The van der Waals surface area contributed by atoms with Crippen LogP contribution in [-0.2, 0) is 66.3 Å². The molecule has 12 rings (SSSR count). The van der Waals surface area contributed by atoms with E-state index in [-0.39, 0.29) is 182 Å². The van der Waals surface area contributed by atoms with E-state index in [9.17, 15) is 38.7 Å². The zero-order chi connectivity index (χ0) is 91.3. The van der Waals surface area contributed by atoms with Crippen molar-refractivity contribution >= 4 is 66.7 Å². The van der Waals surface area contributed by atoms with Gasteiger partial charge in [-0.2, -0.15) is 0 Å². The number of amides is 6. The van der Waals surface area contributed by atoms with E-state index in [2.05, 4.69) is 129 Å². The van der Waals surface area contributed by atoms with Crippen molar-refractivity contribution in [3.05, 3.63) is 208 Å². The van der Waals surface area contributed by atoms with Crippen LogP contribution in [0, 0.1) is 35.5 Å². The summed E-state index contributed by atoms with van der Waals surface area (Å²) in [7, 11) is -1.81. The topological polar surface area (TPSA) is 260 Å². The smallest absolute Gasteiger partial charge is 0.261 e. The lowest BCUT2D eigenvalue weighted by Crippen LogP contribution is -2.49. The average Bonchev–Trinajstić information content (AvgIpc) is 1.62. The molecular formula is C101H145N3O20Si3. The lowest BCUT2D eigenvalue weighted by molar-refractivity contribution is -0.111. The van der Waals surface area contributed by atoms with Gasteiger partial charge in [0, 0.05) is 50.0 Å². The summed E-state index contributed by atoms with van der Waals surface area (Å²) >= 11 is 0. The van der Waals surface area contributed by atoms with Gasteiger partial charge in [-0.25, -0.2) is 0 Å². The molecule has 26 heteroatoms. The van der Waals surface area contributed by atoms with Gasteiger partial charge in [0.1, 0.15) is 23.5 Å². The first kappa shape index (κ1) is 104. The minimum Gasteiger partial charge on any atom is -0.497 e. The molecule has 15 atom stereocenters. The third-order valence-corrected chi connectivity index (χ3v) is 41.1. The second kappa shape index (κ2) is 45.1. The number of ether oxygens (including phenoxy) is 9. The standard InChI is InChI=1S/C33H47NO7Si.C33H45NO7Si.C33H45NO6Si.2CH4/c2*1-22-28(21-39-20-23-12-14-24(38-5)15-13-23)29(16-17-35)40-30(22)18-25(41-42(6,7)33(2,3)4)19-34-31(36)26-10-8-9-11-27(26)32(34)37;1-9-29-28(21-38-20-23-14-16-24(37-6)17-15-23)22(2)30(39-29)18-25(40-41(7,8)33(3,4)5)19-34-31(35)26-12-10-11-13-27(26)32(34)36;;/h8-15,22,25,28-30,35H,16-21H2,1-7H3;8-15,17,22,25,28-30H,16,18-21H2,1-7H3;9-17,22,25,28-30H,1,18-21H2,2-8H3;2*1H4/t3*22-,25?,28?,29+,30-;;/m111../s1. The predicted octanol–water partition coefficient (Wildman–Crippen LogP) is 19.4. The zero-order valence-corrected chi connectivity index (χ0v) is 80.5. The van der Waals surface area contributed by atoms with Gasteiger partial charge in [0.05, 0.1) is 169 Å². The Bertz CT molecular complexity index is 4530. The Morgan fingerprint density at radius 2 is 0.661 bits per heavy atom. The van der Waals surface area contributed by atoms with Gasteiger partial charge in [0.2, 0.25) is 0 Å². The first-order chi connectivity index (χ1) is 59.1. The molecule has 0 aliphatic carbocycles. The number of aliphatic hydroxyl groups excluding tert-OH is 1. The minimum atomic E-state index is -2.27. The largest absolute Gasteiger partial charge is 0.497 e. The van der Waals surface area contributed by atoms with E-state index in [1.807, 2.05) is 78.9 Å². The third-order valence-electron chi connectivity index (χ3n) is 27.5. The van der Waals surface area contributed by atoms with Crippen LogP contribution in [-0.4, -0.2) is 209 Å². The van der Waals surface area contributed by atoms with Crippen molar-refractivity contribution in [1.82, 2.24) is 14.7 Å². The number of hydrogen-bond donors (Lipinski definition) is 1. The molecule has 0 radical (unpaired) electrons. The van der Waals surface area contributed by atoms with Gasteiger partial charge >= 0.3 is 0 Å². The Balaban J connectivity index is 0.000000234. The van der Waals surface area contributed by atoms with Crippen molar-refractivity contribution in [1.29, 1.82) is 0 Å². The first-order valence-corrected chi connectivity index (χ1v) is 52.9. The van der Waals surface area contributed by atoms with Crippen molar-refractivity contribution in [2.45, 2.75) is 259 Å². The number of aldehydes is 1. The van der Waals surface area contributed by atoms with Gasteiger partial charge in [-0.3, -0.25) is 43.5 Å². The SMILES string of the molecule is C.C.C=C[C@@H]1O[C@H](CC(CN2C(=O)c3ccccc3C2=O)O[Si](C)(C)C(C)(C)C)[C@H](C)C1COCc1ccc(OC)cc1.COc1ccc(COCC2[C@H](CC=O)O[C@H](CC(CN3C(=O)c4ccccc4C3=O)O[Si](C)(C)C(C)(C)C)[C@@H]2C)cc1.COc1ccc(COCC2[C@H](CCO)O[C@H](CC(CN3C(=O)c4ccccc4C3=O)O[Si](C)(C)C(C)(C)C)[C@@H]2C)cc1. The van der Waals surface area contributed by atoms with Crippen molar-refractivity contribution in [3.8, 4) is 17.2 Å². The number of hydrogen-bond acceptors (Lipinski definition) is 20. The van der Waals surface area contributed by atoms with E-state index in [0.717, 1.165) is 40.2 Å². The average molecular weight is 1810 g/mol. The molecule has 3 saturated heterocycles. The van der Waals surface area contributed by atoms with Crippen molar-refractivity contribution in [2.75, 3.05) is 67.4 Å². The second-order valence-electron chi connectivity index (χ2n) is 38.9. The quantitative estimate of drug-likeness (QED) is 0.0163. The molecule has 6 amide bonds. The molecule has 696 valence electrons. The molecule has 6 heterocycles. The summed E-state index contributed by atoms with van der Waals surface area (Å²) < 4.78 is 74.3. The third kappa shape index (κ3) is 25.5. The van der Waals surface area contributed by atoms with E-state index < -0.39 is 31.1 Å². The van der Waals surface area contributed by atoms with Crippen LogP contribution in [0.15, 0.2) is 158 Å². The lowest BCUT2D eigenvalue weighted by Gasteiger charge is -2.40. The van der Waals surface area contributed by atoms with Crippen LogP contribution in [0.3, 0.4) is 0 Å². The maximum Gasteiger partial charge on any atom is 0.261 e. The monoisotopic (exact) mass is 1800 g/mol. The summed E-state index contributed by atoms with van der Waals surface area (Å²) in [5, 5.41) is 9.65. The molecule has 6 aromatic carbocycles. The Morgan fingerprint density at radius 1 is 0.402 bits per heavy atom. The number of rotatable bonds is 38. The number of benzene rings is 6. The van der Waals surface area contributed by atoms with Crippen molar-refractivity contribution in [3.63, 3.8) is 0 Å². The van der Waals surface area contributed by atoms with Crippen LogP contribution < -0.4 is 14.2 Å². The molecule has 0 aromatic heterocycles. The highest BCUT2D eigenvalue weighted by molar-refractivity contribution is 6.75. The zero-order valence-electron chi connectivity index (χ0n) is 77.5. The van der Waals surface area contributed by atoms with Crippen LogP contribution in [0.4, 0.5) is 0 Å². The highest BCUT2D eigenvalue weighted by Crippen LogP contribution is 2.46. The Labute approximate surface area is 759 Å². The minimum absolute atomic E-state index is 0. The van der Waals surface area contributed by atoms with Gasteiger partial charge in [-0.05, 0) is 168 Å². The van der Waals surface area contributed by atoms with Crippen molar-refractivity contribution in [2.24, 2.45) is 35.5 Å². The fourth-order valence-electron chi connectivity index (χ4n) is 16.6. The molecule has 1 N–H and O–H groups in total. The molecule has 6 aromatic rings. The van der Waals surface area contributed by atoms with Crippen LogP contribution in [0.2, 0.25) is 54.4 Å². The maximum atomic E-state index is 13.2. The predicted molar refractivity (Wildman–Crippen MR) is 503 cm³/mol. The van der Waals surface area contributed by atoms with E-state index >= 15 is 0 Å². The van der Waals surface area contributed by atoms with Gasteiger partial charge in [-0.15, -0.1) is 6.58 Å². The van der Waals surface area contributed by atoms with Crippen LogP contribution in [0.1, 0.15) is 209 Å². The summed E-state index contributed by atoms with van der Waals surface area (Å²) in [6, 6.07) is 44.4. The number of carbonyl (C=O) groups is 7. The summed E-state index contributed by atoms with van der Waals surface area (Å²) in [4.78, 5) is 95.0. The molecule has 6 aliphatic heterocycles. The van der Waals surface area contributed by atoms with E-state index in [1.54, 1.807) is 94.1 Å². The molecule has 23 nitrogen and oxygen atoms in total. The molecule has 0 bridgehead atoms. The molecule has 6 unspecified atom stereocenters. The number of fused-ring (bicyclic) bond motifs is 3. The fourth-order valence-corrected chi connectivity index (χ4v) is 20.7. The van der Waals surface area contributed by atoms with Crippen LogP contribution in [0.25, 0.3) is 0 Å².